The van der Waals surface area contributed by atoms with E-state index in [1.54, 1.807) is 0 Å². The predicted octanol–water partition coefficient (Wildman–Crippen LogP) is 2.07. The Morgan fingerprint density at radius 2 is 1.95 bits per heavy atom. The van der Waals surface area contributed by atoms with Gasteiger partial charge in [-0.25, -0.2) is 9.48 Å². The molecule has 8 heteroatoms. The van der Waals surface area contributed by atoms with Gasteiger partial charge in [-0.2, -0.15) is 13.2 Å². The smallest absolute Gasteiger partial charge is 0.381 e. The average molecular weight is 293 g/mol. The summed E-state index contributed by atoms with van der Waals surface area (Å²) in [7, 11) is 0. The van der Waals surface area contributed by atoms with Crippen LogP contribution in [0.3, 0.4) is 0 Å². The lowest BCUT2D eigenvalue weighted by Gasteiger charge is -2.21. The summed E-state index contributed by atoms with van der Waals surface area (Å²) in [6, 6.07) is -0.581. The molecule has 114 valence electrons. The Morgan fingerprint density at radius 3 is 2.40 bits per heavy atom. The minimum atomic E-state index is -4.62. The number of nitrogens with zero attached hydrogens (tertiary/aromatic N) is 3. The molecule has 20 heavy (non-hydrogen) atoms. The molecule has 1 aliphatic rings. The van der Waals surface area contributed by atoms with Gasteiger partial charge in [0.25, 0.3) is 0 Å². The second-order valence-electron chi connectivity index (χ2n) is 5.31. The van der Waals surface area contributed by atoms with Gasteiger partial charge in [0.05, 0.1) is 0 Å². The Morgan fingerprint density at radius 1 is 1.35 bits per heavy atom. The van der Waals surface area contributed by atoms with Crippen LogP contribution in [0.2, 0.25) is 0 Å². The minimum absolute atomic E-state index is 0.137. The number of alkyl halides is 3. The summed E-state index contributed by atoms with van der Waals surface area (Å²) in [5, 5.41) is 3.50. The Kier molecular flexibility index (Phi) is 4.22. The van der Waals surface area contributed by atoms with Crippen LogP contribution >= 0.6 is 0 Å². The van der Waals surface area contributed by atoms with Crippen LogP contribution in [0.4, 0.5) is 13.2 Å². The molecule has 0 atom stereocenters. The van der Waals surface area contributed by atoms with Crippen molar-refractivity contribution in [3.63, 3.8) is 0 Å². The van der Waals surface area contributed by atoms with E-state index in [1.165, 1.54) is 13.8 Å². The molecule has 0 aromatic carbocycles. The zero-order valence-corrected chi connectivity index (χ0v) is 11.5. The van der Waals surface area contributed by atoms with Gasteiger partial charge < -0.3 is 4.74 Å². The number of rotatable bonds is 3. The molecular weight excluding hydrogens is 275 g/mol. The van der Waals surface area contributed by atoms with Crippen molar-refractivity contribution >= 4 is 0 Å². The maximum Gasteiger partial charge on any atom is 0.451 e. The van der Waals surface area contributed by atoms with Crippen LogP contribution in [-0.2, 0) is 17.5 Å². The second-order valence-corrected chi connectivity index (χ2v) is 5.31. The van der Waals surface area contributed by atoms with Crippen molar-refractivity contribution in [3.05, 3.63) is 16.3 Å². The van der Waals surface area contributed by atoms with Gasteiger partial charge in [0.1, 0.15) is 0 Å². The first-order chi connectivity index (χ1) is 9.30. The molecule has 0 aliphatic carbocycles. The van der Waals surface area contributed by atoms with Crippen LogP contribution in [-0.4, -0.2) is 27.6 Å². The highest BCUT2D eigenvalue weighted by molar-refractivity contribution is 4.95. The number of halogens is 3. The molecule has 1 aliphatic heterocycles. The highest BCUT2D eigenvalue weighted by Crippen LogP contribution is 2.28. The van der Waals surface area contributed by atoms with Crippen LogP contribution in [0.5, 0.6) is 0 Å². The number of hydrogen-bond acceptors (Lipinski definition) is 3. The second kappa shape index (κ2) is 5.59. The molecule has 2 heterocycles. The molecule has 1 aromatic rings. The largest absolute Gasteiger partial charge is 0.451 e. The van der Waals surface area contributed by atoms with Gasteiger partial charge in [0, 0.05) is 25.8 Å². The fourth-order valence-electron chi connectivity index (χ4n) is 2.37. The molecule has 0 radical (unpaired) electrons. The summed E-state index contributed by atoms with van der Waals surface area (Å²) in [4.78, 5) is 12.1. The molecule has 0 N–H and O–H groups in total. The fourth-order valence-corrected chi connectivity index (χ4v) is 2.37. The van der Waals surface area contributed by atoms with E-state index in [2.05, 4.69) is 5.10 Å². The van der Waals surface area contributed by atoms with Crippen LogP contribution < -0.4 is 5.69 Å². The van der Waals surface area contributed by atoms with E-state index >= 15 is 0 Å². The fraction of sp³-hybridized carbons (Fsp3) is 0.833. The first kappa shape index (κ1) is 15.1. The lowest BCUT2D eigenvalue weighted by atomic mass is 10.0. The number of aromatic nitrogens is 3. The van der Waals surface area contributed by atoms with Gasteiger partial charge in [-0.1, -0.05) is 0 Å². The quantitative estimate of drug-likeness (QED) is 0.857. The molecule has 1 aromatic heterocycles. The summed E-state index contributed by atoms with van der Waals surface area (Å²) in [5.41, 5.74) is -0.696. The van der Waals surface area contributed by atoms with E-state index in [0.717, 1.165) is 17.5 Å². The lowest BCUT2D eigenvalue weighted by molar-refractivity contribution is -0.148. The van der Waals surface area contributed by atoms with E-state index in [9.17, 15) is 18.0 Å². The molecule has 5 nitrogen and oxygen atoms in total. The Balaban J connectivity index is 2.32. The lowest BCUT2D eigenvalue weighted by Crippen LogP contribution is -2.31. The van der Waals surface area contributed by atoms with E-state index in [1.807, 2.05) is 0 Å². The van der Waals surface area contributed by atoms with Crippen molar-refractivity contribution in [3.8, 4) is 0 Å². The Bertz CT molecular complexity index is 513. The monoisotopic (exact) mass is 293 g/mol. The van der Waals surface area contributed by atoms with E-state index in [-0.39, 0.29) is 12.5 Å². The molecular formula is C12H18F3N3O2. The summed E-state index contributed by atoms with van der Waals surface area (Å²) >= 11 is 0. The maximum atomic E-state index is 12.9. The van der Waals surface area contributed by atoms with Gasteiger partial charge in [0.2, 0.25) is 5.82 Å². The normalized spacial score (nSPS) is 17.9. The predicted molar refractivity (Wildman–Crippen MR) is 65.4 cm³/mol. The summed E-state index contributed by atoms with van der Waals surface area (Å²) < 4.78 is 45.6. The van der Waals surface area contributed by atoms with Crippen molar-refractivity contribution in [2.24, 2.45) is 5.92 Å². The molecule has 0 bridgehead atoms. The number of hydrogen-bond donors (Lipinski definition) is 0. The van der Waals surface area contributed by atoms with Crippen molar-refractivity contribution in [2.45, 2.75) is 45.5 Å². The Hall–Kier alpha value is -1.31. The maximum absolute atomic E-state index is 12.9. The van der Waals surface area contributed by atoms with Crippen molar-refractivity contribution < 1.29 is 17.9 Å². The van der Waals surface area contributed by atoms with Crippen LogP contribution in [0.15, 0.2) is 4.79 Å². The minimum Gasteiger partial charge on any atom is -0.381 e. The van der Waals surface area contributed by atoms with Crippen LogP contribution in [0.1, 0.15) is 38.6 Å². The highest BCUT2D eigenvalue weighted by atomic mass is 19.4. The van der Waals surface area contributed by atoms with Gasteiger partial charge in [-0.05, 0) is 32.6 Å². The van der Waals surface area contributed by atoms with E-state index < -0.39 is 23.7 Å². The molecule has 0 unspecified atom stereocenters. The summed E-state index contributed by atoms with van der Waals surface area (Å²) in [5.74, 6) is -0.984. The van der Waals surface area contributed by atoms with Gasteiger partial charge in [-0.3, -0.25) is 4.57 Å². The Labute approximate surface area is 114 Å². The zero-order chi connectivity index (χ0) is 14.9. The first-order valence-corrected chi connectivity index (χ1v) is 6.65. The topological polar surface area (TPSA) is 49.0 Å². The van der Waals surface area contributed by atoms with Crippen molar-refractivity contribution in [1.29, 1.82) is 0 Å². The molecule has 0 saturated carbocycles. The number of ether oxygens (including phenoxy) is 1. The third-order valence-corrected chi connectivity index (χ3v) is 3.41. The molecule has 1 saturated heterocycles. The van der Waals surface area contributed by atoms with Gasteiger partial charge in [-0.15, -0.1) is 5.10 Å². The van der Waals surface area contributed by atoms with Crippen molar-refractivity contribution in [1.82, 2.24) is 14.3 Å². The van der Waals surface area contributed by atoms with Crippen LogP contribution in [0.25, 0.3) is 0 Å². The van der Waals surface area contributed by atoms with E-state index in [4.69, 9.17) is 4.74 Å². The highest BCUT2D eigenvalue weighted by Gasteiger charge is 2.39. The molecule has 1 fully saturated rings. The third-order valence-electron chi connectivity index (χ3n) is 3.41. The SMILES string of the molecule is CC(C)n1c(C(F)(F)F)nn(CC2CCOCC2)c1=O. The average Bonchev–Trinajstić information content (AvgIpc) is 2.68. The first-order valence-electron chi connectivity index (χ1n) is 6.65. The standard InChI is InChI=1S/C12H18F3N3O2/c1-8(2)18-10(12(13,14)15)16-17(11(18)19)7-9-3-5-20-6-4-9/h8-9H,3-7H2,1-2H3. The van der Waals surface area contributed by atoms with E-state index in [0.29, 0.717) is 17.8 Å². The third kappa shape index (κ3) is 3.05. The summed E-state index contributed by atoms with van der Waals surface area (Å²) in [6.07, 6.45) is -3.14. The van der Waals surface area contributed by atoms with Crippen LogP contribution in [0, 0.1) is 5.92 Å². The molecule has 0 amide bonds. The summed E-state index contributed by atoms with van der Waals surface area (Å²) in [6.45, 7) is 4.45. The van der Waals surface area contributed by atoms with Gasteiger partial charge in [0.15, 0.2) is 0 Å². The molecule has 0 spiro atoms. The van der Waals surface area contributed by atoms with Crippen molar-refractivity contribution in [2.75, 3.05) is 13.2 Å². The molecule has 2 rings (SSSR count). The zero-order valence-electron chi connectivity index (χ0n) is 11.5. The van der Waals surface area contributed by atoms with Gasteiger partial charge >= 0.3 is 11.9 Å².